The van der Waals surface area contributed by atoms with Gasteiger partial charge in [0.05, 0.1) is 33.0 Å². The number of likely N-dealkylation sites (N-methyl/N-ethyl adjacent to an activating group) is 1. The Morgan fingerprint density at radius 1 is 0.727 bits per heavy atom. The summed E-state index contributed by atoms with van der Waals surface area (Å²) in [6.45, 7) is 6.36. The second-order valence-electron chi connectivity index (χ2n) is 5.69. The lowest BCUT2D eigenvalue weighted by Gasteiger charge is -2.17. The van der Waals surface area contributed by atoms with Gasteiger partial charge in [-0.1, -0.05) is 0 Å². The lowest BCUT2D eigenvalue weighted by atomic mass is 10.1. The molecule has 0 aliphatic carbocycles. The summed E-state index contributed by atoms with van der Waals surface area (Å²) >= 11 is 0. The van der Waals surface area contributed by atoms with E-state index in [9.17, 15) is 0 Å². The van der Waals surface area contributed by atoms with Crippen LogP contribution in [-0.2, 0) is 0 Å². The number of aliphatic hydroxyl groups is 5. The molecule has 0 bridgehead atoms. The van der Waals surface area contributed by atoms with E-state index in [0.29, 0.717) is 19.6 Å². The number of nitrogens with two attached hydrogens (primary N) is 1. The van der Waals surface area contributed by atoms with Crippen molar-refractivity contribution < 1.29 is 25.5 Å². The second-order valence-corrected chi connectivity index (χ2v) is 5.69. The zero-order valence-electron chi connectivity index (χ0n) is 14.6. The smallest absolute Gasteiger partial charge is 0.0605 e. The van der Waals surface area contributed by atoms with Crippen LogP contribution >= 0.6 is 0 Å². The van der Waals surface area contributed by atoms with Gasteiger partial charge in [0, 0.05) is 31.7 Å². The van der Waals surface area contributed by atoms with Gasteiger partial charge in [-0.3, -0.25) is 4.90 Å². The SMILES string of the molecule is CC(C)(N)CO.CN(C)CCO.OCCN(CCO)CCO. The summed E-state index contributed by atoms with van der Waals surface area (Å²) in [4.78, 5) is 3.72. The minimum Gasteiger partial charge on any atom is -0.395 e. The maximum atomic E-state index is 8.48. The van der Waals surface area contributed by atoms with Crippen LogP contribution in [0.25, 0.3) is 0 Å². The standard InChI is InChI=1S/C6H15NO3.2C4H11NO/c8-4-1-7(2-5-9)3-6-10;1-5(2)3-4-6;1-4(2,5)3-6/h8-10H,1-6H2;6H,3-4H2,1-2H3;6H,3,5H2,1-2H3. The van der Waals surface area contributed by atoms with Gasteiger partial charge >= 0.3 is 0 Å². The van der Waals surface area contributed by atoms with Crippen LogP contribution in [0.3, 0.4) is 0 Å². The van der Waals surface area contributed by atoms with Gasteiger partial charge in [0.2, 0.25) is 0 Å². The predicted octanol–water partition coefficient (Wildman–Crippen LogP) is -2.48. The van der Waals surface area contributed by atoms with Crippen molar-refractivity contribution in [3.63, 3.8) is 0 Å². The summed E-state index contributed by atoms with van der Waals surface area (Å²) in [5.41, 5.74) is 4.88. The summed E-state index contributed by atoms with van der Waals surface area (Å²) in [7, 11) is 3.85. The summed E-state index contributed by atoms with van der Waals surface area (Å²) < 4.78 is 0. The molecule has 0 heterocycles. The van der Waals surface area contributed by atoms with E-state index < -0.39 is 5.54 Å². The van der Waals surface area contributed by atoms with Crippen molar-refractivity contribution in [2.24, 2.45) is 5.73 Å². The first-order chi connectivity index (χ1) is 10.2. The first-order valence-corrected chi connectivity index (χ1v) is 7.38. The number of rotatable bonds is 9. The third-order valence-electron chi connectivity index (χ3n) is 2.20. The number of hydrogen-bond acceptors (Lipinski definition) is 8. The van der Waals surface area contributed by atoms with E-state index in [1.807, 2.05) is 19.0 Å². The van der Waals surface area contributed by atoms with E-state index in [1.165, 1.54) is 0 Å². The van der Waals surface area contributed by atoms with Crippen molar-refractivity contribution in [2.45, 2.75) is 19.4 Å². The molecule has 7 N–H and O–H groups in total. The molecular formula is C14H37N3O5. The average Bonchev–Trinajstić information content (AvgIpc) is 2.40. The van der Waals surface area contributed by atoms with Crippen molar-refractivity contribution in [3.05, 3.63) is 0 Å². The molecule has 8 nitrogen and oxygen atoms in total. The Kier molecular flexibility index (Phi) is 22.6. The second kappa shape index (κ2) is 18.7. The van der Waals surface area contributed by atoms with Crippen molar-refractivity contribution in [3.8, 4) is 0 Å². The molecule has 0 rings (SSSR count). The van der Waals surface area contributed by atoms with Gasteiger partial charge in [-0.15, -0.1) is 0 Å². The summed E-state index contributed by atoms with van der Waals surface area (Å²) in [6.07, 6.45) is 0. The fraction of sp³-hybridized carbons (Fsp3) is 1.00. The van der Waals surface area contributed by atoms with E-state index in [0.717, 1.165) is 6.54 Å². The van der Waals surface area contributed by atoms with Gasteiger partial charge in [-0.25, -0.2) is 0 Å². The maximum Gasteiger partial charge on any atom is 0.0605 e. The van der Waals surface area contributed by atoms with Crippen LogP contribution in [0.4, 0.5) is 0 Å². The lowest BCUT2D eigenvalue weighted by molar-refractivity contribution is 0.136. The minimum atomic E-state index is -0.403. The van der Waals surface area contributed by atoms with E-state index in [4.69, 9.17) is 31.3 Å². The van der Waals surface area contributed by atoms with Gasteiger partial charge in [0.1, 0.15) is 0 Å². The highest BCUT2D eigenvalue weighted by atomic mass is 16.3. The molecule has 0 radical (unpaired) electrons. The Morgan fingerprint density at radius 3 is 1.09 bits per heavy atom. The highest BCUT2D eigenvalue weighted by molar-refractivity contribution is 4.67. The Hall–Kier alpha value is -0.320. The van der Waals surface area contributed by atoms with E-state index in [-0.39, 0.29) is 33.0 Å². The van der Waals surface area contributed by atoms with Gasteiger partial charge in [-0.2, -0.15) is 0 Å². The first kappa shape index (κ1) is 26.6. The average molecular weight is 327 g/mol. The van der Waals surface area contributed by atoms with Crippen LogP contribution in [0, 0.1) is 0 Å². The van der Waals surface area contributed by atoms with Crippen molar-refractivity contribution in [1.82, 2.24) is 9.80 Å². The number of hydrogen-bond donors (Lipinski definition) is 6. The molecule has 0 aliphatic rings. The normalized spacial score (nSPS) is 10.9. The van der Waals surface area contributed by atoms with Crippen LogP contribution in [0.15, 0.2) is 0 Å². The quantitative estimate of drug-likeness (QED) is 0.274. The molecule has 138 valence electrons. The molecule has 0 aromatic carbocycles. The van der Waals surface area contributed by atoms with Crippen LogP contribution in [-0.4, -0.2) is 114 Å². The Morgan fingerprint density at radius 2 is 1.00 bits per heavy atom. The molecule has 0 saturated carbocycles. The van der Waals surface area contributed by atoms with Crippen molar-refractivity contribution in [2.75, 3.05) is 73.3 Å². The first-order valence-electron chi connectivity index (χ1n) is 7.38. The molecule has 0 aliphatic heterocycles. The van der Waals surface area contributed by atoms with Gasteiger partial charge < -0.3 is 36.2 Å². The predicted molar refractivity (Wildman–Crippen MR) is 88.7 cm³/mol. The third-order valence-corrected chi connectivity index (χ3v) is 2.20. The molecule has 0 spiro atoms. The molecule has 0 unspecified atom stereocenters. The molecule has 0 atom stereocenters. The third kappa shape index (κ3) is 31.9. The molecule has 0 aromatic rings. The van der Waals surface area contributed by atoms with Gasteiger partial charge in [0.15, 0.2) is 0 Å². The van der Waals surface area contributed by atoms with Crippen molar-refractivity contribution >= 4 is 0 Å². The lowest BCUT2D eigenvalue weighted by Crippen LogP contribution is -2.35. The van der Waals surface area contributed by atoms with E-state index in [2.05, 4.69) is 0 Å². The number of aliphatic hydroxyl groups excluding tert-OH is 5. The zero-order valence-corrected chi connectivity index (χ0v) is 14.6. The van der Waals surface area contributed by atoms with Crippen LogP contribution in [0.5, 0.6) is 0 Å². The monoisotopic (exact) mass is 327 g/mol. The fourth-order valence-corrected chi connectivity index (χ4v) is 0.960. The van der Waals surface area contributed by atoms with E-state index >= 15 is 0 Å². The number of nitrogens with zero attached hydrogens (tertiary/aromatic N) is 2. The largest absolute Gasteiger partial charge is 0.395 e. The minimum absolute atomic E-state index is 0.0486. The summed E-state index contributed by atoms with van der Waals surface area (Å²) in [5, 5.41) is 41.9. The molecule has 8 heteroatoms. The van der Waals surface area contributed by atoms with Crippen LogP contribution < -0.4 is 5.73 Å². The summed E-state index contributed by atoms with van der Waals surface area (Å²) in [6, 6.07) is 0. The molecule has 22 heavy (non-hydrogen) atoms. The fourth-order valence-electron chi connectivity index (χ4n) is 0.960. The maximum absolute atomic E-state index is 8.48. The topological polar surface area (TPSA) is 134 Å². The molecule has 0 amide bonds. The molecular weight excluding hydrogens is 290 g/mol. The highest BCUT2D eigenvalue weighted by Crippen LogP contribution is 1.90. The highest BCUT2D eigenvalue weighted by Gasteiger charge is 2.05. The van der Waals surface area contributed by atoms with Gasteiger partial charge in [0.25, 0.3) is 0 Å². The van der Waals surface area contributed by atoms with Crippen LogP contribution in [0.2, 0.25) is 0 Å². The zero-order chi connectivity index (χ0) is 18.0. The van der Waals surface area contributed by atoms with Crippen LogP contribution in [0.1, 0.15) is 13.8 Å². The van der Waals surface area contributed by atoms with Gasteiger partial charge in [-0.05, 0) is 27.9 Å². The molecule has 0 aromatic heterocycles. The molecule has 0 saturated heterocycles. The Labute approximate surface area is 134 Å². The molecule has 0 fully saturated rings. The van der Waals surface area contributed by atoms with Crippen molar-refractivity contribution in [1.29, 1.82) is 0 Å². The Balaban J connectivity index is -0.000000261. The Bertz CT molecular complexity index is 187. The summed E-state index contributed by atoms with van der Waals surface area (Å²) in [5.74, 6) is 0. The van der Waals surface area contributed by atoms with E-state index in [1.54, 1.807) is 18.7 Å².